The van der Waals surface area contributed by atoms with E-state index in [1.165, 1.54) is 11.1 Å². The molecule has 124 valence electrons. The lowest BCUT2D eigenvalue weighted by atomic mass is 9.92. The van der Waals surface area contributed by atoms with Crippen molar-refractivity contribution >= 4 is 5.91 Å². The quantitative estimate of drug-likeness (QED) is 0.784. The number of rotatable bonds is 3. The third-order valence-electron chi connectivity index (χ3n) is 3.21. The van der Waals surface area contributed by atoms with E-state index in [1.807, 2.05) is 6.07 Å². The highest BCUT2D eigenvalue weighted by Gasteiger charge is 2.35. The highest BCUT2D eigenvalue weighted by Crippen LogP contribution is 2.28. The first kappa shape index (κ1) is 18.2. The number of fused-ring (bicyclic) bond motifs is 1. The van der Waals surface area contributed by atoms with E-state index >= 15 is 0 Å². The summed E-state index contributed by atoms with van der Waals surface area (Å²) in [5, 5.41) is 12.4. The van der Waals surface area contributed by atoms with Gasteiger partial charge in [-0.25, -0.2) is 0 Å². The largest absolute Gasteiger partial charge is 0.497 e. The van der Waals surface area contributed by atoms with Crippen molar-refractivity contribution in [3.8, 4) is 5.75 Å². The van der Waals surface area contributed by atoms with E-state index in [0.717, 1.165) is 25.1 Å². The van der Waals surface area contributed by atoms with Gasteiger partial charge in [0.25, 0.3) is 0 Å². The van der Waals surface area contributed by atoms with Gasteiger partial charge in [0.1, 0.15) is 5.75 Å². The molecule has 4 N–H and O–H groups in total. The van der Waals surface area contributed by atoms with Crippen LogP contribution >= 0.6 is 0 Å². The predicted molar refractivity (Wildman–Crippen MR) is 74.4 cm³/mol. The number of nitrogens with two attached hydrogens (primary N) is 1. The van der Waals surface area contributed by atoms with E-state index in [9.17, 15) is 13.2 Å². The third kappa shape index (κ3) is 5.19. The van der Waals surface area contributed by atoms with Crippen molar-refractivity contribution in [1.82, 2.24) is 5.32 Å². The molecule has 1 heterocycles. The summed E-state index contributed by atoms with van der Waals surface area (Å²) < 4.78 is 37.3. The van der Waals surface area contributed by atoms with Crippen LogP contribution in [0.15, 0.2) is 18.2 Å². The number of carbonyl (C=O) groups excluding carboxylic acids is 1. The lowest BCUT2D eigenvalue weighted by Gasteiger charge is -2.26. The van der Waals surface area contributed by atoms with E-state index in [4.69, 9.17) is 14.6 Å². The molecule has 8 heteroatoms. The van der Waals surface area contributed by atoms with Gasteiger partial charge in [-0.15, -0.1) is 0 Å². The lowest BCUT2D eigenvalue weighted by molar-refractivity contribution is -0.169. The molecule has 0 radical (unpaired) electrons. The van der Waals surface area contributed by atoms with Crippen LogP contribution in [0.3, 0.4) is 0 Å². The monoisotopic (exact) mass is 320 g/mol. The van der Waals surface area contributed by atoms with Crippen LogP contribution in [0.4, 0.5) is 13.2 Å². The molecule has 2 rings (SSSR count). The summed E-state index contributed by atoms with van der Waals surface area (Å²) in [7, 11) is 1.69. The topological polar surface area (TPSA) is 84.6 Å². The molecule has 0 aromatic heterocycles. The van der Waals surface area contributed by atoms with E-state index in [0.29, 0.717) is 6.04 Å². The number of aliphatic hydroxyl groups is 1. The molecule has 1 aromatic carbocycles. The van der Waals surface area contributed by atoms with Crippen molar-refractivity contribution in [2.75, 3.05) is 20.3 Å². The summed E-state index contributed by atoms with van der Waals surface area (Å²) in [5.41, 5.74) is 6.45. The van der Waals surface area contributed by atoms with Crippen LogP contribution in [0, 0.1) is 0 Å². The van der Waals surface area contributed by atoms with Gasteiger partial charge in [0, 0.05) is 12.6 Å². The summed E-state index contributed by atoms with van der Waals surface area (Å²) in [5.74, 6) is -1.34. The number of benzene rings is 1. The zero-order valence-electron chi connectivity index (χ0n) is 12.1. The van der Waals surface area contributed by atoms with Crippen molar-refractivity contribution < 1.29 is 27.8 Å². The first-order valence-electron chi connectivity index (χ1n) is 6.67. The van der Waals surface area contributed by atoms with Crippen LogP contribution in [0.1, 0.15) is 23.6 Å². The fraction of sp³-hybridized carbons (Fsp3) is 0.500. The molecule has 0 saturated carbocycles. The highest BCUT2D eigenvalue weighted by atomic mass is 19.4. The molecule has 1 amide bonds. The summed E-state index contributed by atoms with van der Waals surface area (Å²) in [6, 6.07) is 6.47. The van der Waals surface area contributed by atoms with E-state index in [-0.39, 0.29) is 6.61 Å². The van der Waals surface area contributed by atoms with Crippen LogP contribution in [-0.2, 0) is 11.2 Å². The Balaban J connectivity index is 0.000000295. The molecular weight excluding hydrogens is 301 g/mol. The Labute approximate surface area is 126 Å². The van der Waals surface area contributed by atoms with Gasteiger partial charge in [0.2, 0.25) is 0 Å². The maximum absolute atomic E-state index is 10.7. The second-order valence-electron chi connectivity index (χ2n) is 4.70. The number of hydrogen-bond acceptors (Lipinski definition) is 4. The number of amides is 1. The molecule has 0 saturated heterocycles. The van der Waals surface area contributed by atoms with Gasteiger partial charge in [-0.1, -0.05) is 6.07 Å². The minimum atomic E-state index is -4.86. The number of alkyl halides is 3. The molecule has 0 fully saturated rings. The van der Waals surface area contributed by atoms with Crippen molar-refractivity contribution in [2.24, 2.45) is 5.73 Å². The molecular formula is C14H19F3N2O3. The van der Waals surface area contributed by atoms with Gasteiger partial charge in [0.15, 0.2) is 0 Å². The first-order valence-corrected chi connectivity index (χ1v) is 6.67. The van der Waals surface area contributed by atoms with Gasteiger partial charge in [-0.3, -0.25) is 4.79 Å². The Bertz CT molecular complexity index is 507. The summed E-state index contributed by atoms with van der Waals surface area (Å²) >= 11 is 0. The predicted octanol–water partition coefficient (Wildman–Crippen LogP) is 1.30. The smallest absolute Gasteiger partial charge is 0.470 e. The molecule has 0 spiro atoms. The van der Waals surface area contributed by atoms with Crippen LogP contribution in [0.2, 0.25) is 0 Å². The second kappa shape index (κ2) is 8.00. The zero-order valence-corrected chi connectivity index (χ0v) is 12.1. The average molecular weight is 320 g/mol. The van der Waals surface area contributed by atoms with Crippen LogP contribution in [0.5, 0.6) is 5.75 Å². The summed E-state index contributed by atoms with van der Waals surface area (Å²) in [6.45, 7) is 1.20. The fourth-order valence-electron chi connectivity index (χ4n) is 2.14. The zero-order chi connectivity index (χ0) is 16.8. The standard InChI is InChI=1S/C12H17NO2.C2H2F3NO/c1-15-10-2-3-11-9(8-10)4-6-13-12(11)5-7-14;3-2(4,5)1(6)7/h2-3,8,12-14H,4-7H2,1H3;(H2,6,7)/t12-;/m1./s1. The van der Waals surface area contributed by atoms with E-state index in [2.05, 4.69) is 23.2 Å². The molecule has 1 aromatic rings. The van der Waals surface area contributed by atoms with E-state index in [1.54, 1.807) is 7.11 Å². The number of halogens is 3. The number of ether oxygens (including phenoxy) is 1. The van der Waals surface area contributed by atoms with Gasteiger partial charge >= 0.3 is 12.1 Å². The number of aliphatic hydroxyl groups excluding tert-OH is 1. The molecule has 1 aliphatic heterocycles. The number of nitrogens with one attached hydrogen (secondary N) is 1. The van der Waals surface area contributed by atoms with Crippen LogP contribution in [-0.4, -0.2) is 37.5 Å². The normalized spacial score (nSPS) is 17.0. The minimum absolute atomic E-state index is 0.225. The first-order chi connectivity index (χ1) is 10.3. The SMILES string of the molecule is COc1ccc2c(c1)CCN[C@@H]2CCO.NC(=O)C(F)(F)F. The third-order valence-corrected chi connectivity index (χ3v) is 3.21. The molecule has 5 nitrogen and oxygen atoms in total. The molecule has 1 aliphatic rings. The fourth-order valence-corrected chi connectivity index (χ4v) is 2.14. The minimum Gasteiger partial charge on any atom is -0.497 e. The van der Waals surface area contributed by atoms with Gasteiger partial charge < -0.3 is 20.9 Å². The molecule has 22 heavy (non-hydrogen) atoms. The Kier molecular flexibility index (Phi) is 6.63. The number of primary amides is 1. The van der Waals surface area contributed by atoms with E-state index < -0.39 is 12.1 Å². The average Bonchev–Trinajstić information content (AvgIpc) is 2.47. The summed E-state index contributed by atoms with van der Waals surface area (Å²) in [6.07, 6.45) is -3.05. The summed E-state index contributed by atoms with van der Waals surface area (Å²) in [4.78, 5) is 9.12. The number of carbonyl (C=O) groups is 1. The Morgan fingerprint density at radius 3 is 2.64 bits per heavy atom. The maximum atomic E-state index is 10.7. The van der Waals surface area contributed by atoms with Crippen molar-refractivity contribution in [3.05, 3.63) is 29.3 Å². The van der Waals surface area contributed by atoms with Gasteiger partial charge in [0.05, 0.1) is 7.11 Å². The maximum Gasteiger partial charge on any atom is 0.470 e. The lowest BCUT2D eigenvalue weighted by Crippen LogP contribution is -2.30. The number of hydrogen-bond donors (Lipinski definition) is 3. The molecule has 0 unspecified atom stereocenters. The second-order valence-corrected chi connectivity index (χ2v) is 4.70. The Morgan fingerprint density at radius 1 is 1.50 bits per heavy atom. The Morgan fingerprint density at radius 2 is 2.14 bits per heavy atom. The van der Waals surface area contributed by atoms with Crippen molar-refractivity contribution in [2.45, 2.75) is 25.1 Å². The van der Waals surface area contributed by atoms with Gasteiger partial charge in [-0.2, -0.15) is 13.2 Å². The Hall–Kier alpha value is -1.80. The van der Waals surface area contributed by atoms with Crippen LogP contribution < -0.4 is 15.8 Å². The molecule has 1 atom stereocenters. The highest BCUT2D eigenvalue weighted by molar-refractivity contribution is 5.79. The van der Waals surface area contributed by atoms with Crippen molar-refractivity contribution in [3.63, 3.8) is 0 Å². The number of methoxy groups -OCH3 is 1. The molecule has 0 aliphatic carbocycles. The molecule has 0 bridgehead atoms. The van der Waals surface area contributed by atoms with Crippen LogP contribution in [0.25, 0.3) is 0 Å². The van der Waals surface area contributed by atoms with Crippen molar-refractivity contribution in [1.29, 1.82) is 0 Å². The van der Waals surface area contributed by atoms with Gasteiger partial charge in [-0.05, 0) is 42.6 Å².